The van der Waals surface area contributed by atoms with E-state index in [1.54, 1.807) is 60.7 Å². The molecule has 8 nitrogen and oxygen atoms in total. The Labute approximate surface area is 241 Å². The molecule has 6 aromatic rings. The molecule has 0 radical (unpaired) electrons. The van der Waals surface area contributed by atoms with Crippen molar-refractivity contribution in [2.24, 2.45) is 0 Å². The largest absolute Gasteiger partial charge is 0.456 e. The van der Waals surface area contributed by atoms with Gasteiger partial charge in [-0.1, -0.05) is 65.7 Å². The van der Waals surface area contributed by atoms with Gasteiger partial charge in [-0.15, -0.1) is 0 Å². The summed E-state index contributed by atoms with van der Waals surface area (Å²) in [6.45, 7) is 1.87. The number of hydrogen-bond acceptors (Lipinski definition) is 6. The Morgan fingerprint density at radius 2 is 1.61 bits per heavy atom. The maximum absolute atomic E-state index is 13.9. The summed E-state index contributed by atoms with van der Waals surface area (Å²) in [6, 6.07) is 29.1. The lowest BCUT2D eigenvalue weighted by atomic mass is 10.1. The number of aryl methyl sites for hydroxylation is 1. The predicted molar refractivity (Wildman–Crippen MR) is 159 cm³/mol. The quantitative estimate of drug-likeness (QED) is 0.212. The average Bonchev–Trinajstić information content (AvgIpc) is 3.56. The van der Waals surface area contributed by atoms with E-state index >= 15 is 0 Å². The number of anilines is 1. The van der Waals surface area contributed by atoms with E-state index in [0.29, 0.717) is 33.1 Å². The molecule has 6 rings (SSSR count). The molecule has 10 heteroatoms. The minimum atomic E-state index is -4.12. The predicted octanol–water partition coefficient (Wildman–Crippen LogP) is 6.63. The molecule has 0 saturated heterocycles. The van der Waals surface area contributed by atoms with E-state index in [0.717, 1.165) is 9.54 Å². The van der Waals surface area contributed by atoms with Crippen molar-refractivity contribution in [3.8, 4) is 17.2 Å². The Bertz CT molecular complexity index is 2030. The molecule has 0 saturated carbocycles. The van der Waals surface area contributed by atoms with Gasteiger partial charge >= 0.3 is 0 Å². The maximum atomic E-state index is 13.9. The Kier molecular flexibility index (Phi) is 6.61. The minimum Gasteiger partial charge on any atom is -0.456 e. The highest BCUT2D eigenvalue weighted by Crippen LogP contribution is 2.33. The lowest BCUT2D eigenvalue weighted by Gasteiger charge is -2.12. The van der Waals surface area contributed by atoms with Crippen LogP contribution in [-0.2, 0) is 10.0 Å². The number of fused-ring (bicyclic) bond motifs is 1. The van der Waals surface area contributed by atoms with Gasteiger partial charge in [0.05, 0.1) is 32.9 Å². The van der Waals surface area contributed by atoms with Crippen molar-refractivity contribution < 1.29 is 17.9 Å². The van der Waals surface area contributed by atoms with Crippen LogP contribution in [-0.4, -0.2) is 28.0 Å². The van der Waals surface area contributed by atoms with Crippen LogP contribution >= 0.6 is 11.6 Å². The zero-order chi connectivity index (χ0) is 28.7. The monoisotopic (exact) mass is 582 g/mol. The first-order valence-electron chi connectivity index (χ1n) is 12.6. The lowest BCUT2D eigenvalue weighted by Crippen LogP contribution is -2.19. The number of nitrogens with two attached hydrogens (primary N) is 1. The van der Waals surface area contributed by atoms with Gasteiger partial charge in [0.2, 0.25) is 5.78 Å². The van der Waals surface area contributed by atoms with E-state index in [9.17, 15) is 13.2 Å². The summed E-state index contributed by atoms with van der Waals surface area (Å²) in [6.07, 6.45) is 1.32. The molecule has 0 fully saturated rings. The standard InChI is InChI=1S/C31H23ClN4O4S/c1-20-11-14-24(15-12-20)41(38,39)36-27-10-6-5-7-21(27)17-28(36)30(37)25-19-34-35(31(25)33)22-13-16-29(26(32)18-22)40-23-8-3-2-4-9-23/h2-19H,33H2,1H3. The zero-order valence-electron chi connectivity index (χ0n) is 21.7. The van der Waals surface area contributed by atoms with E-state index < -0.39 is 15.8 Å². The van der Waals surface area contributed by atoms with Gasteiger partial charge in [-0.25, -0.2) is 17.1 Å². The number of hydrogen-bond donors (Lipinski definition) is 1. The van der Waals surface area contributed by atoms with Crippen LogP contribution < -0.4 is 10.5 Å². The Balaban J connectivity index is 1.39. The van der Waals surface area contributed by atoms with Gasteiger partial charge in [-0.05, 0) is 61.5 Å². The second-order valence-electron chi connectivity index (χ2n) is 9.39. The van der Waals surface area contributed by atoms with Crippen LogP contribution in [0.5, 0.6) is 11.5 Å². The summed E-state index contributed by atoms with van der Waals surface area (Å²) in [4.78, 5) is 14.0. The fourth-order valence-electron chi connectivity index (χ4n) is 4.56. The molecule has 2 heterocycles. The van der Waals surface area contributed by atoms with Gasteiger partial charge < -0.3 is 10.5 Å². The SMILES string of the molecule is Cc1ccc(S(=O)(=O)n2c(C(=O)c3cnn(-c4ccc(Oc5ccccc5)c(Cl)c4)c3N)cc3ccccc32)cc1. The molecule has 0 aliphatic carbocycles. The summed E-state index contributed by atoms with van der Waals surface area (Å²) < 4.78 is 35.9. The highest BCUT2D eigenvalue weighted by Gasteiger charge is 2.29. The second-order valence-corrected chi connectivity index (χ2v) is 11.6. The van der Waals surface area contributed by atoms with E-state index in [1.807, 2.05) is 37.3 Å². The molecule has 0 aliphatic rings. The summed E-state index contributed by atoms with van der Waals surface area (Å²) in [7, 11) is -4.12. The van der Waals surface area contributed by atoms with Crippen LogP contribution in [0.2, 0.25) is 5.02 Å². The first-order chi connectivity index (χ1) is 19.7. The smallest absolute Gasteiger partial charge is 0.268 e. The summed E-state index contributed by atoms with van der Waals surface area (Å²) in [5.41, 5.74) is 8.20. The van der Waals surface area contributed by atoms with Crippen LogP contribution in [0.4, 0.5) is 5.82 Å². The molecule has 0 amide bonds. The fourth-order valence-corrected chi connectivity index (χ4v) is 6.28. The normalized spacial score (nSPS) is 11.6. The van der Waals surface area contributed by atoms with Crippen molar-refractivity contribution in [1.29, 1.82) is 0 Å². The Hall–Kier alpha value is -4.86. The number of rotatable bonds is 7. The van der Waals surface area contributed by atoms with Gasteiger partial charge in [0.1, 0.15) is 23.0 Å². The van der Waals surface area contributed by atoms with Gasteiger partial charge in [-0.2, -0.15) is 5.10 Å². The van der Waals surface area contributed by atoms with Crippen LogP contribution in [0.3, 0.4) is 0 Å². The molecule has 0 spiro atoms. The van der Waals surface area contributed by atoms with E-state index in [4.69, 9.17) is 22.1 Å². The van der Waals surface area contributed by atoms with Crippen molar-refractivity contribution in [3.63, 3.8) is 0 Å². The molecule has 2 N–H and O–H groups in total. The van der Waals surface area contributed by atoms with E-state index in [2.05, 4.69) is 5.10 Å². The molecule has 204 valence electrons. The van der Waals surface area contributed by atoms with Gasteiger partial charge in [0, 0.05) is 5.39 Å². The summed E-state index contributed by atoms with van der Waals surface area (Å²) in [5.74, 6) is 0.516. The van der Waals surface area contributed by atoms with Gasteiger partial charge in [0.25, 0.3) is 10.0 Å². The van der Waals surface area contributed by atoms with Crippen LogP contribution in [0.25, 0.3) is 16.6 Å². The molecular formula is C31H23ClN4O4S. The molecular weight excluding hydrogens is 560 g/mol. The fraction of sp³-hybridized carbons (Fsp3) is 0.0323. The third-order valence-electron chi connectivity index (χ3n) is 6.64. The Morgan fingerprint density at radius 1 is 0.902 bits per heavy atom. The molecule has 0 atom stereocenters. The van der Waals surface area contributed by atoms with E-state index in [-0.39, 0.29) is 22.0 Å². The number of para-hydroxylation sites is 2. The third-order valence-corrected chi connectivity index (χ3v) is 8.68. The maximum Gasteiger partial charge on any atom is 0.268 e. The summed E-state index contributed by atoms with van der Waals surface area (Å²) >= 11 is 6.49. The number of carbonyl (C=O) groups is 1. The first-order valence-corrected chi connectivity index (χ1v) is 14.4. The number of aromatic nitrogens is 3. The lowest BCUT2D eigenvalue weighted by molar-refractivity contribution is 0.103. The number of halogens is 1. The minimum absolute atomic E-state index is 0.0346. The molecule has 0 bridgehead atoms. The number of nitrogens with zero attached hydrogens (tertiary/aromatic N) is 3. The number of ketones is 1. The molecule has 0 unspecified atom stereocenters. The topological polar surface area (TPSA) is 109 Å². The highest BCUT2D eigenvalue weighted by atomic mass is 35.5. The van der Waals surface area contributed by atoms with Crippen molar-refractivity contribution in [2.75, 3.05) is 5.73 Å². The van der Waals surface area contributed by atoms with Crippen molar-refractivity contribution in [2.45, 2.75) is 11.8 Å². The zero-order valence-corrected chi connectivity index (χ0v) is 23.3. The number of nitrogen functional groups attached to an aromatic ring is 1. The molecule has 41 heavy (non-hydrogen) atoms. The van der Waals surface area contributed by atoms with Crippen LogP contribution in [0.15, 0.2) is 114 Å². The first kappa shape index (κ1) is 26.4. The van der Waals surface area contributed by atoms with Crippen LogP contribution in [0, 0.1) is 6.92 Å². The van der Waals surface area contributed by atoms with E-state index in [1.165, 1.54) is 23.0 Å². The van der Waals surface area contributed by atoms with Crippen LogP contribution in [0.1, 0.15) is 21.6 Å². The second kappa shape index (κ2) is 10.3. The van der Waals surface area contributed by atoms with Crippen molar-refractivity contribution >= 4 is 44.1 Å². The van der Waals surface area contributed by atoms with Crippen molar-refractivity contribution in [3.05, 3.63) is 131 Å². The Morgan fingerprint density at radius 3 is 2.34 bits per heavy atom. The van der Waals surface area contributed by atoms with Crippen molar-refractivity contribution in [1.82, 2.24) is 13.8 Å². The molecule has 0 aliphatic heterocycles. The third kappa shape index (κ3) is 4.75. The van der Waals surface area contributed by atoms with Gasteiger partial charge in [-0.3, -0.25) is 4.79 Å². The number of ether oxygens (including phenoxy) is 1. The summed E-state index contributed by atoms with van der Waals surface area (Å²) in [5, 5.41) is 5.23. The molecule has 2 aromatic heterocycles. The van der Waals surface area contributed by atoms with Gasteiger partial charge in [0.15, 0.2) is 0 Å². The number of benzene rings is 4. The molecule has 4 aromatic carbocycles. The number of carbonyl (C=O) groups excluding carboxylic acids is 1. The highest BCUT2D eigenvalue weighted by molar-refractivity contribution is 7.90. The average molecular weight is 583 g/mol.